The van der Waals surface area contributed by atoms with Crippen molar-refractivity contribution in [2.45, 2.75) is 33.1 Å². The molecule has 1 saturated heterocycles. The summed E-state index contributed by atoms with van der Waals surface area (Å²) in [5.41, 5.74) is 3.89. The summed E-state index contributed by atoms with van der Waals surface area (Å²) in [7, 11) is 1.65. The van der Waals surface area contributed by atoms with Gasteiger partial charge >= 0.3 is 6.03 Å². The van der Waals surface area contributed by atoms with Crippen molar-refractivity contribution in [3.63, 3.8) is 0 Å². The molecule has 2 aromatic carbocycles. The molecule has 1 fully saturated rings. The van der Waals surface area contributed by atoms with E-state index < -0.39 is 0 Å². The number of carbonyl (C=O) groups excluding carboxylic acids is 2. The molecule has 2 aromatic rings. The smallest absolute Gasteiger partial charge is 0.323 e. The second-order valence-electron chi connectivity index (χ2n) is 8.45. The zero-order valence-corrected chi connectivity index (χ0v) is 19.2. The van der Waals surface area contributed by atoms with Crippen LogP contribution in [-0.4, -0.2) is 45.3 Å². The number of hydrogen-bond acceptors (Lipinski definition) is 4. The summed E-state index contributed by atoms with van der Waals surface area (Å²) in [5, 5.41) is 8.64. The monoisotopic (exact) mass is 438 g/mol. The van der Waals surface area contributed by atoms with Crippen molar-refractivity contribution in [2.75, 3.05) is 48.9 Å². The number of nitrogens with zero attached hydrogens (tertiary/aromatic N) is 1. The number of piperidine rings is 1. The van der Waals surface area contributed by atoms with E-state index in [4.69, 9.17) is 4.74 Å². The Hall–Kier alpha value is -3.06. The third kappa shape index (κ3) is 6.72. The van der Waals surface area contributed by atoms with E-state index in [-0.39, 0.29) is 11.9 Å². The fraction of sp³-hybridized carbons (Fsp3) is 0.440. The molecule has 7 heteroatoms. The minimum absolute atomic E-state index is 0.141. The number of methoxy groups -OCH3 is 1. The lowest BCUT2D eigenvalue weighted by atomic mass is 9.98. The molecule has 0 atom stereocenters. The Kier molecular flexibility index (Phi) is 8.50. The molecule has 7 nitrogen and oxygen atoms in total. The van der Waals surface area contributed by atoms with Crippen LogP contribution >= 0.6 is 0 Å². The van der Waals surface area contributed by atoms with E-state index in [2.05, 4.69) is 27.8 Å². The lowest BCUT2D eigenvalue weighted by Gasteiger charge is -2.33. The SMILES string of the molecule is COCCCNC(=O)c1cc(NC(=O)Nc2ccc(C)cc2)ccc1N1CCC(C)CC1. The maximum atomic E-state index is 13.0. The van der Waals surface area contributed by atoms with Gasteiger partial charge in [0.05, 0.1) is 5.56 Å². The summed E-state index contributed by atoms with van der Waals surface area (Å²) in [6, 6.07) is 12.8. The fourth-order valence-corrected chi connectivity index (χ4v) is 3.76. The lowest BCUT2D eigenvalue weighted by Crippen LogP contribution is -2.35. The van der Waals surface area contributed by atoms with Crippen molar-refractivity contribution in [1.82, 2.24) is 5.32 Å². The second kappa shape index (κ2) is 11.5. The van der Waals surface area contributed by atoms with Gasteiger partial charge in [0.1, 0.15) is 0 Å². The highest BCUT2D eigenvalue weighted by atomic mass is 16.5. The Morgan fingerprint density at radius 3 is 2.38 bits per heavy atom. The maximum Gasteiger partial charge on any atom is 0.323 e. The minimum Gasteiger partial charge on any atom is -0.385 e. The molecule has 3 rings (SSSR count). The van der Waals surface area contributed by atoms with Crippen LogP contribution in [0.5, 0.6) is 0 Å². The topological polar surface area (TPSA) is 82.7 Å². The summed E-state index contributed by atoms with van der Waals surface area (Å²) in [4.78, 5) is 27.7. The molecule has 0 bridgehead atoms. The highest BCUT2D eigenvalue weighted by Crippen LogP contribution is 2.29. The van der Waals surface area contributed by atoms with E-state index in [0.29, 0.717) is 36.0 Å². The van der Waals surface area contributed by atoms with Crippen LogP contribution in [0.4, 0.5) is 21.9 Å². The van der Waals surface area contributed by atoms with Gasteiger partial charge in [0, 0.05) is 50.4 Å². The molecule has 1 aliphatic heterocycles. The number of carbonyl (C=O) groups is 2. The number of amides is 3. The van der Waals surface area contributed by atoms with E-state index in [1.165, 1.54) is 0 Å². The first-order valence-electron chi connectivity index (χ1n) is 11.3. The predicted octanol–water partition coefficient (Wildman–Crippen LogP) is 4.64. The van der Waals surface area contributed by atoms with Gasteiger partial charge in [-0.05, 0) is 62.4 Å². The molecular formula is C25H34N4O3. The Morgan fingerprint density at radius 2 is 1.69 bits per heavy atom. The molecule has 1 heterocycles. The third-order valence-electron chi connectivity index (χ3n) is 5.74. The van der Waals surface area contributed by atoms with Crippen molar-refractivity contribution < 1.29 is 14.3 Å². The average Bonchev–Trinajstić information content (AvgIpc) is 2.79. The molecule has 0 unspecified atom stereocenters. The van der Waals surface area contributed by atoms with Crippen LogP contribution in [0.3, 0.4) is 0 Å². The standard InChI is InChI=1S/C25H34N4O3/c1-18-5-7-20(8-6-18)27-25(31)28-21-9-10-23(29-14-11-19(2)12-15-29)22(17-21)24(30)26-13-4-16-32-3/h5-10,17,19H,4,11-16H2,1-3H3,(H,26,30)(H2,27,28,31). The molecule has 32 heavy (non-hydrogen) atoms. The highest BCUT2D eigenvalue weighted by molar-refractivity contribution is 6.04. The first kappa shape index (κ1) is 23.6. The molecule has 0 spiro atoms. The Balaban J connectivity index is 1.74. The summed E-state index contributed by atoms with van der Waals surface area (Å²) in [6.45, 7) is 7.24. The van der Waals surface area contributed by atoms with Gasteiger partial charge in [-0.15, -0.1) is 0 Å². The van der Waals surface area contributed by atoms with E-state index in [1.54, 1.807) is 13.2 Å². The van der Waals surface area contributed by atoms with Crippen molar-refractivity contribution in [1.29, 1.82) is 0 Å². The van der Waals surface area contributed by atoms with Crippen molar-refractivity contribution >= 4 is 29.0 Å². The van der Waals surface area contributed by atoms with Crippen molar-refractivity contribution in [2.24, 2.45) is 5.92 Å². The maximum absolute atomic E-state index is 13.0. The Labute approximate surface area is 190 Å². The summed E-state index contributed by atoms with van der Waals surface area (Å²) >= 11 is 0. The molecule has 0 radical (unpaired) electrons. The minimum atomic E-state index is -0.347. The van der Waals surface area contributed by atoms with Crippen LogP contribution in [0, 0.1) is 12.8 Å². The van der Waals surface area contributed by atoms with E-state index in [0.717, 1.165) is 43.6 Å². The van der Waals surface area contributed by atoms with Crippen LogP contribution in [-0.2, 0) is 4.74 Å². The number of nitrogens with one attached hydrogen (secondary N) is 3. The van der Waals surface area contributed by atoms with Gasteiger partial charge in [0.25, 0.3) is 5.91 Å². The highest BCUT2D eigenvalue weighted by Gasteiger charge is 2.21. The van der Waals surface area contributed by atoms with E-state index >= 15 is 0 Å². The summed E-state index contributed by atoms with van der Waals surface area (Å²) in [5.74, 6) is 0.557. The lowest BCUT2D eigenvalue weighted by molar-refractivity contribution is 0.0949. The molecule has 172 valence electrons. The van der Waals surface area contributed by atoms with Gasteiger partial charge in [-0.1, -0.05) is 24.6 Å². The van der Waals surface area contributed by atoms with Gasteiger partial charge in [-0.25, -0.2) is 4.79 Å². The third-order valence-corrected chi connectivity index (χ3v) is 5.74. The van der Waals surface area contributed by atoms with E-state index in [1.807, 2.05) is 43.3 Å². The van der Waals surface area contributed by atoms with Crippen LogP contribution in [0.15, 0.2) is 42.5 Å². The Morgan fingerprint density at radius 1 is 1.03 bits per heavy atom. The van der Waals surface area contributed by atoms with Crippen LogP contribution in [0.25, 0.3) is 0 Å². The van der Waals surface area contributed by atoms with Crippen LogP contribution in [0.1, 0.15) is 42.1 Å². The first-order chi connectivity index (χ1) is 15.5. The zero-order chi connectivity index (χ0) is 22.9. The van der Waals surface area contributed by atoms with Crippen molar-refractivity contribution in [3.05, 3.63) is 53.6 Å². The summed E-state index contributed by atoms with van der Waals surface area (Å²) in [6.07, 6.45) is 2.96. The number of ether oxygens (including phenoxy) is 1. The molecule has 0 aliphatic carbocycles. The van der Waals surface area contributed by atoms with Crippen LogP contribution in [0.2, 0.25) is 0 Å². The Bertz CT molecular complexity index is 906. The first-order valence-corrected chi connectivity index (χ1v) is 11.3. The van der Waals surface area contributed by atoms with Crippen LogP contribution < -0.4 is 20.9 Å². The second-order valence-corrected chi connectivity index (χ2v) is 8.45. The molecule has 0 aromatic heterocycles. The number of urea groups is 1. The zero-order valence-electron chi connectivity index (χ0n) is 19.2. The van der Waals surface area contributed by atoms with Gasteiger partial charge in [0.15, 0.2) is 0 Å². The molecule has 3 N–H and O–H groups in total. The van der Waals surface area contributed by atoms with Crippen molar-refractivity contribution in [3.8, 4) is 0 Å². The number of rotatable bonds is 8. The number of aryl methyl sites for hydroxylation is 1. The largest absolute Gasteiger partial charge is 0.385 e. The van der Waals surface area contributed by atoms with Gasteiger partial charge in [-0.3, -0.25) is 4.79 Å². The average molecular weight is 439 g/mol. The van der Waals surface area contributed by atoms with Gasteiger partial charge in [-0.2, -0.15) is 0 Å². The molecular weight excluding hydrogens is 404 g/mol. The molecule has 0 saturated carbocycles. The molecule has 3 amide bonds. The van der Waals surface area contributed by atoms with Gasteiger partial charge in [0.2, 0.25) is 0 Å². The molecule has 1 aliphatic rings. The number of hydrogen-bond donors (Lipinski definition) is 3. The number of anilines is 3. The number of benzene rings is 2. The quantitative estimate of drug-likeness (QED) is 0.524. The fourth-order valence-electron chi connectivity index (χ4n) is 3.76. The predicted molar refractivity (Wildman–Crippen MR) is 130 cm³/mol. The van der Waals surface area contributed by atoms with E-state index in [9.17, 15) is 9.59 Å². The normalized spacial score (nSPS) is 14.2. The summed E-state index contributed by atoms with van der Waals surface area (Å²) < 4.78 is 5.06. The van der Waals surface area contributed by atoms with Gasteiger partial charge < -0.3 is 25.6 Å².